The van der Waals surface area contributed by atoms with Crippen molar-refractivity contribution in [3.63, 3.8) is 0 Å². The van der Waals surface area contributed by atoms with E-state index in [2.05, 4.69) is 75.2 Å². The van der Waals surface area contributed by atoms with Crippen LogP contribution in [-0.2, 0) is 6.54 Å². The van der Waals surface area contributed by atoms with Gasteiger partial charge in [0.15, 0.2) is 0 Å². The highest BCUT2D eigenvalue weighted by Crippen LogP contribution is 2.24. The number of nitrogens with zero attached hydrogens (tertiary/aromatic N) is 3. The van der Waals surface area contributed by atoms with Gasteiger partial charge in [-0.2, -0.15) is 0 Å². The second-order valence-electron chi connectivity index (χ2n) is 6.48. The SMILES string of the molecule is CC#CC1=CC(C2CCN=C3C=CC(=NCc4cccs4)NN32)=CC=CC1. The number of thiophene rings is 1. The van der Waals surface area contributed by atoms with Crippen molar-refractivity contribution in [2.75, 3.05) is 6.54 Å². The molecule has 0 bridgehead atoms. The molecule has 2 aliphatic heterocycles. The molecular weight excluding hydrogens is 352 g/mol. The molecule has 27 heavy (non-hydrogen) atoms. The molecule has 4 nitrogen and oxygen atoms in total. The van der Waals surface area contributed by atoms with E-state index in [0.717, 1.165) is 36.6 Å². The van der Waals surface area contributed by atoms with E-state index in [1.807, 2.05) is 13.0 Å². The maximum atomic E-state index is 4.72. The van der Waals surface area contributed by atoms with E-state index in [4.69, 9.17) is 4.99 Å². The van der Waals surface area contributed by atoms with Gasteiger partial charge in [-0.3, -0.25) is 20.4 Å². The number of allylic oxidation sites excluding steroid dienone is 4. The molecule has 0 aromatic carbocycles. The standard InChI is InChI=1S/C22H22N4S/c1-2-6-17-7-3-4-8-18(15-17)20-12-13-23-22-11-10-21(25-26(20)22)24-16-19-9-5-14-27-19/h3-5,8-11,14-15,20H,7,12-13,16H2,1H3,(H,24,25). The van der Waals surface area contributed by atoms with Crippen molar-refractivity contribution < 1.29 is 0 Å². The third-order valence-corrected chi connectivity index (χ3v) is 5.48. The van der Waals surface area contributed by atoms with E-state index in [0.29, 0.717) is 6.54 Å². The van der Waals surface area contributed by atoms with Crippen LogP contribution in [0.2, 0.25) is 0 Å². The van der Waals surface area contributed by atoms with Crippen molar-refractivity contribution >= 4 is 23.0 Å². The van der Waals surface area contributed by atoms with Crippen LogP contribution >= 0.6 is 11.3 Å². The molecule has 1 unspecified atom stereocenters. The summed E-state index contributed by atoms with van der Waals surface area (Å²) < 4.78 is 0. The van der Waals surface area contributed by atoms with Gasteiger partial charge in [-0.05, 0) is 55.0 Å². The molecule has 4 rings (SSSR count). The van der Waals surface area contributed by atoms with Gasteiger partial charge in [-0.15, -0.1) is 17.3 Å². The van der Waals surface area contributed by atoms with Crippen molar-refractivity contribution in [2.45, 2.75) is 32.4 Å². The third-order valence-electron chi connectivity index (χ3n) is 4.62. The van der Waals surface area contributed by atoms with Crippen LogP contribution < -0.4 is 5.43 Å². The van der Waals surface area contributed by atoms with Gasteiger partial charge in [-0.25, -0.2) is 0 Å². The van der Waals surface area contributed by atoms with Crippen LogP contribution in [0.5, 0.6) is 0 Å². The first-order valence-corrected chi connectivity index (χ1v) is 10.1. The predicted octanol–water partition coefficient (Wildman–Crippen LogP) is 4.03. The fourth-order valence-electron chi connectivity index (χ4n) is 3.36. The topological polar surface area (TPSA) is 40.0 Å². The van der Waals surface area contributed by atoms with Crippen molar-refractivity contribution in [2.24, 2.45) is 9.98 Å². The lowest BCUT2D eigenvalue weighted by atomic mass is 9.98. The highest BCUT2D eigenvalue weighted by atomic mass is 32.1. The highest BCUT2D eigenvalue weighted by Gasteiger charge is 2.29. The Balaban J connectivity index is 1.58. The molecule has 136 valence electrons. The average molecular weight is 375 g/mol. The molecule has 1 aromatic heterocycles. The summed E-state index contributed by atoms with van der Waals surface area (Å²) >= 11 is 1.73. The van der Waals surface area contributed by atoms with Crippen molar-refractivity contribution in [3.8, 4) is 11.8 Å². The normalized spacial score (nSPS) is 22.7. The maximum Gasteiger partial charge on any atom is 0.143 e. The molecule has 1 aliphatic carbocycles. The van der Waals surface area contributed by atoms with Crippen LogP contribution in [0.15, 0.2) is 75.1 Å². The second-order valence-corrected chi connectivity index (χ2v) is 7.52. The van der Waals surface area contributed by atoms with E-state index in [-0.39, 0.29) is 6.04 Å². The number of fused-ring (bicyclic) bond motifs is 1. The molecule has 3 heterocycles. The van der Waals surface area contributed by atoms with Crippen LogP contribution in [0.1, 0.15) is 24.6 Å². The summed E-state index contributed by atoms with van der Waals surface area (Å²) in [4.78, 5) is 10.6. The first-order valence-electron chi connectivity index (χ1n) is 9.19. The third kappa shape index (κ3) is 4.12. The van der Waals surface area contributed by atoms with E-state index >= 15 is 0 Å². The number of hydrazine groups is 1. The quantitative estimate of drug-likeness (QED) is 0.812. The summed E-state index contributed by atoms with van der Waals surface area (Å²) in [5, 5.41) is 4.23. The maximum absolute atomic E-state index is 4.72. The lowest BCUT2D eigenvalue weighted by molar-refractivity contribution is 0.284. The molecule has 0 saturated heterocycles. The van der Waals surface area contributed by atoms with Crippen LogP contribution in [0.3, 0.4) is 0 Å². The van der Waals surface area contributed by atoms with Crippen LogP contribution in [-0.4, -0.2) is 29.3 Å². The van der Waals surface area contributed by atoms with E-state index in [1.54, 1.807) is 11.3 Å². The Kier molecular flexibility index (Phi) is 5.36. The lowest BCUT2D eigenvalue weighted by Gasteiger charge is -2.39. The fraction of sp³-hybridized carbons (Fsp3) is 0.273. The van der Waals surface area contributed by atoms with E-state index in [1.165, 1.54) is 10.5 Å². The van der Waals surface area contributed by atoms with Gasteiger partial charge in [0.2, 0.25) is 0 Å². The Morgan fingerprint density at radius 2 is 2.37 bits per heavy atom. The zero-order valence-corrected chi connectivity index (χ0v) is 16.2. The average Bonchev–Trinajstić information content (AvgIpc) is 3.11. The number of amidine groups is 2. The Labute approximate surface area is 164 Å². The second kappa shape index (κ2) is 8.24. The Morgan fingerprint density at radius 1 is 1.41 bits per heavy atom. The van der Waals surface area contributed by atoms with Gasteiger partial charge in [0.25, 0.3) is 0 Å². The van der Waals surface area contributed by atoms with Gasteiger partial charge in [0, 0.05) is 17.0 Å². The van der Waals surface area contributed by atoms with E-state index < -0.39 is 0 Å². The molecule has 0 radical (unpaired) electrons. The largest absolute Gasteiger partial charge is 0.280 e. The minimum Gasteiger partial charge on any atom is -0.280 e. The number of nitrogens with one attached hydrogen (secondary N) is 1. The number of hydrogen-bond donors (Lipinski definition) is 1. The molecule has 3 aliphatic rings. The van der Waals surface area contributed by atoms with Crippen molar-refractivity contribution in [1.82, 2.24) is 10.4 Å². The summed E-state index contributed by atoms with van der Waals surface area (Å²) in [5.74, 6) is 8.08. The molecule has 0 spiro atoms. The smallest absolute Gasteiger partial charge is 0.143 e. The van der Waals surface area contributed by atoms with Crippen molar-refractivity contribution in [3.05, 3.63) is 70.0 Å². The van der Waals surface area contributed by atoms with E-state index in [9.17, 15) is 0 Å². The Hall–Kier alpha value is -2.84. The first kappa shape index (κ1) is 17.6. The van der Waals surface area contributed by atoms with Crippen molar-refractivity contribution in [1.29, 1.82) is 0 Å². The Morgan fingerprint density at radius 3 is 3.22 bits per heavy atom. The zero-order chi connectivity index (χ0) is 18.5. The summed E-state index contributed by atoms with van der Waals surface area (Å²) in [6.45, 7) is 3.41. The van der Waals surface area contributed by atoms with Gasteiger partial charge in [-0.1, -0.05) is 30.2 Å². The minimum absolute atomic E-state index is 0.214. The Bertz CT molecular complexity index is 933. The number of hydrogen-bond acceptors (Lipinski definition) is 4. The minimum atomic E-state index is 0.214. The van der Waals surface area contributed by atoms with Crippen LogP contribution in [0.25, 0.3) is 0 Å². The van der Waals surface area contributed by atoms with Gasteiger partial charge in [0.05, 0.1) is 12.6 Å². The molecule has 5 heteroatoms. The van der Waals surface area contributed by atoms with Crippen LogP contribution in [0, 0.1) is 11.8 Å². The molecule has 1 atom stereocenters. The van der Waals surface area contributed by atoms with Crippen LogP contribution in [0.4, 0.5) is 0 Å². The van der Waals surface area contributed by atoms with Gasteiger partial charge < -0.3 is 0 Å². The summed E-state index contributed by atoms with van der Waals surface area (Å²) in [7, 11) is 0. The molecule has 1 aromatic rings. The summed E-state index contributed by atoms with van der Waals surface area (Å²) in [5.41, 5.74) is 5.88. The highest BCUT2D eigenvalue weighted by molar-refractivity contribution is 7.09. The number of aliphatic imine (C=N–C) groups is 2. The molecule has 0 saturated carbocycles. The molecular formula is C22H22N4S. The first-order chi connectivity index (χ1) is 13.3. The molecule has 0 fully saturated rings. The monoisotopic (exact) mass is 374 g/mol. The summed E-state index contributed by atoms with van der Waals surface area (Å²) in [6, 6.07) is 4.39. The molecule has 1 N–H and O–H groups in total. The lowest BCUT2D eigenvalue weighted by Crippen LogP contribution is -2.55. The van der Waals surface area contributed by atoms with Gasteiger partial charge in [0.1, 0.15) is 11.7 Å². The molecule has 0 amide bonds. The zero-order valence-electron chi connectivity index (χ0n) is 15.4. The summed E-state index contributed by atoms with van der Waals surface area (Å²) in [6.07, 6.45) is 14.6. The fourth-order valence-corrected chi connectivity index (χ4v) is 3.98. The predicted molar refractivity (Wildman–Crippen MR) is 114 cm³/mol. The number of rotatable bonds is 3. The van der Waals surface area contributed by atoms with Gasteiger partial charge >= 0.3 is 0 Å².